The molecule has 1 aliphatic heterocycles. The summed E-state index contributed by atoms with van der Waals surface area (Å²) in [5.74, 6) is 1.46. The number of imidazole rings is 1. The third kappa shape index (κ3) is 3.64. The maximum absolute atomic E-state index is 4.83. The summed E-state index contributed by atoms with van der Waals surface area (Å²) in [5.41, 5.74) is 4.93. The van der Waals surface area contributed by atoms with E-state index < -0.39 is 0 Å². The molecular formula is C23H24N10. The summed E-state index contributed by atoms with van der Waals surface area (Å²) in [4.78, 5) is 26.3. The summed E-state index contributed by atoms with van der Waals surface area (Å²) < 4.78 is 1.83. The number of pyridine rings is 1. The van der Waals surface area contributed by atoms with Crippen LogP contribution in [0, 0.1) is 6.92 Å². The summed E-state index contributed by atoms with van der Waals surface area (Å²) in [7, 11) is 2.15. The minimum atomic E-state index is 0.500. The first-order valence-corrected chi connectivity index (χ1v) is 11.0. The second kappa shape index (κ2) is 7.82. The quantitative estimate of drug-likeness (QED) is 0.440. The molecule has 166 valence electrons. The van der Waals surface area contributed by atoms with Crippen molar-refractivity contribution in [3.8, 4) is 11.4 Å². The van der Waals surface area contributed by atoms with Crippen molar-refractivity contribution in [2.45, 2.75) is 6.92 Å². The fourth-order valence-electron chi connectivity index (χ4n) is 4.14. The van der Waals surface area contributed by atoms with Gasteiger partial charge in [0.1, 0.15) is 22.9 Å². The molecule has 5 aromatic rings. The van der Waals surface area contributed by atoms with Crippen LogP contribution in [0.1, 0.15) is 5.69 Å². The SMILES string of the molecule is Cc1cnc2ccc(-c3nc(Nc4ccnc(N5CCN(C)CC5)c4)nc4[nH]ccc34)nn12. The second-order valence-corrected chi connectivity index (χ2v) is 8.34. The zero-order valence-electron chi connectivity index (χ0n) is 18.5. The van der Waals surface area contributed by atoms with E-state index in [-0.39, 0.29) is 0 Å². The molecule has 5 aromatic heterocycles. The van der Waals surface area contributed by atoms with Gasteiger partial charge in [0.05, 0.1) is 11.9 Å². The van der Waals surface area contributed by atoms with Gasteiger partial charge in [0, 0.05) is 55.7 Å². The van der Waals surface area contributed by atoms with Gasteiger partial charge in [-0.2, -0.15) is 10.1 Å². The number of anilines is 3. The molecule has 10 nitrogen and oxygen atoms in total. The van der Waals surface area contributed by atoms with Gasteiger partial charge < -0.3 is 20.1 Å². The maximum atomic E-state index is 4.83. The van der Waals surface area contributed by atoms with Crippen molar-refractivity contribution in [1.29, 1.82) is 0 Å². The molecule has 6 heterocycles. The number of nitrogens with zero attached hydrogens (tertiary/aromatic N) is 8. The lowest BCUT2D eigenvalue weighted by atomic mass is 10.2. The van der Waals surface area contributed by atoms with Crippen LogP contribution < -0.4 is 10.2 Å². The van der Waals surface area contributed by atoms with Crippen LogP contribution in [0.15, 0.2) is 48.9 Å². The Morgan fingerprint density at radius 1 is 1.00 bits per heavy atom. The lowest BCUT2D eigenvalue weighted by Gasteiger charge is -2.33. The zero-order chi connectivity index (χ0) is 22.4. The van der Waals surface area contributed by atoms with Crippen molar-refractivity contribution < 1.29 is 0 Å². The molecule has 0 atom stereocenters. The largest absolute Gasteiger partial charge is 0.354 e. The number of hydrogen-bond donors (Lipinski definition) is 2. The van der Waals surface area contributed by atoms with Crippen LogP contribution in [0.25, 0.3) is 28.1 Å². The van der Waals surface area contributed by atoms with E-state index in [0.29, 0.717) is 5.95 Å². The summed E-state index contributed by atoms with van der Waals surface area (Å²) >= 11 is 0. The number of nitrogens with one attached hydrogen (secondary N) is 2. The van der Waals surface area contributed by atoms with Gasteiger partial charge in [-0.25, -0.2) is 19.5 Å². The van der Waals surface area contributed by atoms with Gasteiger partial charge in [0.2, 0.25) is 5.95 Å². The molecule has 6 rings (SSSR count). The Balaban J connectivity index is 1.36. The fourth-order valence-corrected chi connectivity index (χ4v) is 4.14. The Morgan fingerprint density at radius 2 is 1.88 bits per heavy atom. The van der Waals surface area contributed by atoms with Crippen molar-refractivity contribution in [3.63, 3.8) is 0 Å². The minimum Gasteiger partial charge on any atom is -0.354 e. The zero-order valence-corrected chi connectivity index (χ0v) is 18.5. The van der Waals surface area contributed by atoms with Crippen LogP contribution in [0.3, 0.4) is 0 Å². The van der Waals surface area contributed by atoms with Gasteiger partial charge in [-0.3, -0.25) is 0 Å². The number of hydrogen-bond acceptors (Lipinski definition) is 8. The van der Waals surface area contributed by atoms with E-state index in [1.807, 2.05) is 60.4 Å². The van der Waals surface area contributed by atoms with Crippen LogP contribution in [-0.4, -0.2) is 72.7 Å². The number of piperazine rings is 1. The number of aromatic amines is 1. The topological polar surface area (TPSA) is 103 Å². The summed E-state index contributed by atoms with van der Waals surface area (Å²) in [6.07, 6.45) is 5.50. The molecule has 0 aromatic carbocycles. The standard InChI is InChI=1S/C23H24N10/c1-15-14-26-19-4-3-18(30-33(15)19)21-17-6-8-25-22(17)29-23(28-21)27-16-5-7-24-20(13-16)32-11-9-31(2)10-12-32/h3-8,13-14H,9-12H2,1-2H3,(H2,24,25,27,28,29). The molecule has 0 aliphatic carbocycles. The van der Waals surface area contributed by atoms with Gasteiger partial charge in [-0.15, -0.1) is 0 Å². The van der Waals surface area contributed by atoms with Crippen LogP contribution in [0.2, 0.25) is 0 Å². The minimum absolute atomic E-state index is 0.500. The molecule has 0 radical (unpaired) electrons. The highest BCUT2D eigenvalue weighted by Gasteiger charge is 2.17. The predicted molar refractivity (Wildman–Crippen MR) is 128 cm³/mol. The van der Waals surface area contributed by atoms with E-state index in [1.54, 1.807) is 0 Å². The second-order valence-electron chi connectivity index (χ2n) is 8.34. The van der Waals surface area contributed by atoms with Gasteiger partial charge in [-0.05, 0) is 38.2 Å². The number of aromatic nitrogens is 7. The number of H-pyrrole nitrogens is 1. The van der Waals surface area contributed by atoms with Crippen molar-refractivity contribution >= 4 is 34.1 Å². The first-order valence-electron chi connectivity index (χ1n) is 11.0. The van der Waals surface area contributed by atoms with E-state index in [2.05, 4.69) is 42.1 Å². The third-order valence-corrected chi connectivity index (χ3v) is 6.02. The van der Waals surface area contributed by atoms with Crippen LogP contribution in [0.5, 0.6) is 0 Å². The Morgan fingerprint density at radius 3 is 2.76 bits per heavy atom. The van der Waals surface area contributed by atoms with E-state index in [9.17, 15) is 0 Å². The van der Waals surface area contributed by atoms with Gasteiger partial charge >= 0.3 is 0 Å². The van der Waals surface area contributed by atoms with Gasteiger partial charge in [-0.1, -0.05) is 0 Å². The van der Waals surface area contributed by atoms with Crippen molar-refractivity contribution in [1.82, 2.24) is 39.4 Å². The normalized spacial score (nSPS) is 14.9. The van der Waals surface area contributed by atoms with E-state index in [0.717, 1.165) is 71.4 Å². The molecule has 0 unspecified atom stereocenters. The first-order chi connectivity index (χ1) is 16.1. The summed E-state index contributed by atoms with van der Waals surface area (Å²) in [5, 5.41) is 9.04. The van der Waals surface area contributed by atoms with Crippen molar-refractivity contribution in [2.75, 3.05) is 43.4 Å². The highest BCUT2D eigenvalue weighted by molar-refractivity contribution is 5.90. The third-order valence-electron chi connectivity index (χ3n) is 6.02. The van der Waals surface area contributed by atoms with Crippen LogP contribution >= 0.6 is 0 Å². The van der Waals surface area contributed by atoms with E-state index in [1.165, 1.54) is 0 Å². The number of aryl methyl sites for hydroxylation is 1. The molecule has 33 heavy (non-hydrogen) atoms. The smallest absolute Gasteiger partial charge is 0.229 e. The predicted octanol–water partition coefficient (Wildman–Crippen LogP) is 2.87. The Bertz CT molecular complexity index is 1440. The Hall–Kier alpha value is -4.05. The molecule has 0 saturated carbocycles. The van der Waals surface area contributed by atoms with Crippen molar-refractivity contribution in [3.05, 3.63) is 54.6 Å². The number of likely N-dealkylation sites (N-methyl/N-ethyl adjacent to an activating group) is 1. The molecule has 0 amide bonds. The Labute approximate surface area is 190 Å². The molecular weight excluding hydrogens is 416 g/mol. The van der Waals surface area contributed by atoms with Gasteiger partial charge in [0.25, 0.3) is 0 Å². The maximum Gasteiger partial charge on any atom is 0.229 e. The Kier molecular flexibility index (Phi) is 4.65. The molecule has 10 heteroatoms. The average molecular weight is 441 g/mol. The number of fused-ring (bicyclic) bond motifs is 2. The molecule has 1 fully saturated rings. The van der Waals surface area contributed by atoms with Crippen LogP contribution in [0.4, 0.5) is 17.5 Å². The fraction of sp³-hybridized carbons (Fsp3) is 0.261. The van der Waals surface area contributed by atoms with E-state index in [4.69, 9.17) is 10.1 Å². The molecule has 1 saturated heterocycles. The molecule has 0 spiro atoms. The first kappa shape index (κ1) is 19.6. The molecule has 2 N–H and O–H groups in total. The molecule has 0 bridgehead atoms. The number of rotatable bonds is 4. The lowest BCUT2D eigenvalue weighted by molar-refractivity contribution is 0.312. The molecule has 1 aliphatic rings. The summed E-state index contributed by atoms with van der Waals surface area (Å²) in [6, 6.07) is 9.85. The average Bonchev–Trinajstić information content (AvgIpc) is 3.46. The monoisotopic (exact) mass is 440 g/mol. The van der Waals surface area contributed by atoms with Crippen molar-refractivity contribution in [2.24, 2.45) is 0 Å². The summed E-state index contributed by atoms with van der Waals surface area (Å²) in [6.45, 7) is 5.97. The lowest BCUT2D eigenvalue weighted by Crippen LogP contribution is -2.44. The highest BCUT2D eigenvalue weighted by Crippen LogP contribution is 2.27. The van der Waals surface area contributed by atoms with Crippen LogP contribution in [-0.2, 0) is 0 Å². The highest BCUT2D eigenvalue weighted by atomic mass is 15.3. The van der Waals surface area contributed by atoms with E-state index >= 15 is 0 Å². The van der Waals surface area contributed by atoms with Gasteiger partial charge in [0.15, 0.2) is 5.65 Å².